The lowest BCUT2D eigenvalue weighted by Gasteiger charge is -2.28. The van der Waals surface area contributed by atoms with E-state index in [1.54, 1.807) is 13.3 Å². The zero-order valence-electron chi connectivity index (χ0n) is 13.4. The third-order valence-corrected chi connectivity index (χ3v) is 4.58. The lowest BCUT2D eigenvalue weighted by atomic mass is 9.94. The molecule has 3 aliphatic carbocycles. The molecule has 1 aromatic heterocycles. The second-order valence-electron chi connectivity index (χ2n) is 6.54. The Balaban J connectivity index is 1.62. The first-order chi connectivity index (χ1) is 11.0. The highest BCUT2D eigenvalue weighted by Gasteiger charge is 2.36. The van der Waals surface area contributed by atoms with Crippen molar-refractivity contribution in [2.75, 3.05) is 7.11 Å². The monoisotopic (exact) mass is 306 g/mol. The molecule has 0 atom stereocenters. The summed E-state index contributed by atoms with van der Waals surface area (Å²) in [4.78, 5) is 17.0. The maximum atomic E-state index is 12.8. The first-order valence-electron chi connectivity index (χ1n) is 7.70. The zero-order chi connectivity index (χ0) is 16.2. The van der Waals surface area contributed by atoms with Crippen LogP contribution in [0.15, 0.2) is 64.4 Å². The van der Waals surface area contributed by atoms with E-state index >= 15 is 0 Å². The Hall–Kier alpha value is -2.62. The number of carbonyl (C=O) groups is 1. The zero-order valence-corrected chi connectivity index (χ0v) is 13.4. The third kappa shape index (κ3) is 2.13. The lowest BCUT2D eigenvalue weighted by Crippen LogP contribution is -2.42. The molecule has 4 rings (SSSR count). The van der Waals surface area contributed by atoms with Gasteiger partial charge in [0.05, 0.1) is 12.6 Å². The van der Waals surface area contributed by atoms with Crippen molar-refractivity contribution in [3.8, 4) is 5.88 Å². The largest absolute Gasteiger partial charge is 0.481 e. The van der Waals surface area contributed by atoms with E-state index in [9.17, 15) is 4.79 Å². The Morgan fingerprint density at radius 3 is 2.91 bits per heavy atom. The summed E-state index contributed by atoms with van der Waals surface area (Å²) in [7, 11) is 1.59. The normalized spacial score (nSPS) is 18.0. The molecule has 0 bridgehead atoms. The van der Waals surface area contributed by atoms with Gasteiger partial charge < -0.3 is 10.1 Å². The van der Waals surface area contributed by atoms with Crippen LogP contribution < -0.4 is 10.1 Å². The highest BCUT2D eigenvalue weighted by Crippen LogP contribution is 2.51. The van der Waals surface area contributed by atoms with Gasteiger partial charge in [0, 0.05) is 17.3 Å². The van der Waals surface area contributed by atoms with E-state index in [1.165, 1.54) is 16.7 Å². The smallest absolute Gasteiger partial charge is 0.252 e. The van der Waals surface area contributed by atoms with Gasteiger partial charge in [-0.25, -0.2) is 4.98 Å². The molecule has 0 aromatic carbocycles. The van der Waals surface area contributed by atoms with Crippen LogP contribution in [0.3, 0.4) is 0 Å². The van der Waals surface area contributed by atoms with E-state index in [0.717, 1.165) is 23.1 Å². The van der Waals surface area contributed by atoms with Crippen LogP contribution in [0.25, 0.3) is 0 Å². The average Bonchev–Trinajstić information content (AvgIpc) is 3.01. The molecule has 0 radical (unpaired) electrons. The number of nitrogens with zero attached hydrogens (tertiary/aromatic N) is 1. The molecular weight excluding hydrogens is 288 g/mol. The Bertz CT molecular complexity index is 854. The molecule has 1 heterocycles. The van der Waals surface area contributed by atoms with E-state index < -0.39 is 5.54 Å². The summed E-state index contributed by atoms with van der Waals surface area (Å²) in [6, 6.07) is 3.77. The number of ether oxygens (including phenoxy) is 1. The van der Waals surface area contributed by atoms with Crippen LogP contribution in [-0.4, -0.2) is 18.0 Å². The van der Waals surface area contributed by atoms with E-state index in [0.29, 0.717) is 5.88 Å². The fourth-order valence-electron chi connectivity index (χ4n) is 3.28. The predicted octanol–water partition coefficient (Wildman–Crippen LogP) is 2.95. The molecule has 1 amide bonds. The second kappa shape index (κ2) is 4.69. The minimum absolute atomic E-state index is 0.0686. The molecule has 3 aliphatic rings. The number of allylic oxidation sites excluding steroid dienone is 6. The summed E-state index contributed by atoms with van der Waals surface area (Å²) >= 11 is 0. The van der Waals surface area contributed by atoms with Crippen molar-refractivity contribution in [2.45, 2.75) is 25.8 Å². The molecule has 0 saturated heterocycles. The molecule has 0 aliphatic heterocycles. The van der Waals surface area contributed by atoms with Gasteiger partial charge in [-0.2, -0.15) is 0 Å². The van der Waals surface area contributed by atoms with Gasteiger partial charge in [0.15, 0.2) is 0 Å². The summed E-state index contributed by atoms with van der Waals surface area (Å²) in [5, 5.41) is 3.11. The fourth-order valence-corrected chi connectivity index (χ4v) is 3.28. The highest BCUT2D eigenvalue weighted by atomic mass is 16.5. The summed E-state index contributed by atoms with van der Waals surface area (Å²) in [6.07, 6.45) is 8.86. The van der Waals surface area contributed by atoms with Crippen molar-refractivity contribution in [1.82, 2.24) is 10.3 Å². The van der Waals surface area contributed by atoms with E-state index in [1.807, 2.05) is 38.1 Å². The number of hydrogen-bond acceptors (Lipinski definition) is 3. The van der Waals surface area contributed by atoms with Crippen molar-refractivity contribution in [3.63, 3.8) is 0 Å². The number of amides is 1. The van der Waals surface area contributed by atoms with Crippen molar-refractivity contribution >= 4 is 5.91 Å². The van der Waals surface area contributed by atoms with Gasteiger partial charge in [-0.05, 0) is 66.8 Å². The first kappa shape index (κ1) is 14.0. The quantitative estimate of drug-likeness (QED) is 0.930. The van der Waals surface area contributed by atoms with Crippen LogP contribution in [0.4, 0.5) is 0 Å². The number of rotatable bonds is 4. The van der Waals surface area contributed by atoms with Crippen LogP contribution in [-0.2, 0) is 10.3 Å². The van der Waals surface area contributed by atoms with Crippen molar-refractivity contribution in [3.05, 3.63) is 70.0 Å². The number of pyridine rings is 1. The number of aromatic nitrogens is 1. The SMILES string of the molecule is COc1ncccc1C(C)(C)NC(=O)C1=C2C=C3CC3=C2C=C1. The fraction of sp³-hybridized carbons (Fsp3) is 0.263. The number of fused-ring (bicyclic) bond motifs is 2. The molecule has 23 heavy (non-hydrogen) atoms. The molecule has 0 unspecified atom stereocenters. The summed E-state index contributed by atoms with van der Waals surface area (Å²) in [5.74, 6) is 0.463. The maximum Gasteiger partial charge on any atom is 0.252 e. The van der Waals surface area contributed by atoms with Gasteiger partial charge in [-0.3, -0.25) is 4.79 Å². The van der Waals surface area contributed by atoms with Gasteiger partial charge >= 0.3 is 0 Å². The molecule has 1 saturated carbocycles. The Morgan fingerprint density at radius 1 is 1.30 bits per heavy atom. The molecule has 4 nitrogen and oxygen atoms in total. The molecule has 0 spiro atoms. The lowest BCUT2D eigenvalue weighted by molar-refractivity contribution is -0.118. The van der Waals surface area contributed by atoms with Crippen LogP contribution in [0.2, 0.25) is 0 Å². The first-order valence-corrected chi connectivity index (χ1v) is 7.70. The van der Waals surface area contributed by atoms with E-state index in [2.05, 4.69) is 16.4 Å². The minimum Gasteiger partial charge on any atom is -0.481 e. The van der Waals surface area contributed by atoms with Crippen molar-refractivity contribution < 1.29 is 9.53 Å². The van der Waals surface area contributed by atoms with Crippen molar-refractivity contribution in [2.24, 2.45) is 0 Å². The van der Waals surface area contributed by atoms with Crippen LogP contribution in [0.1, 0.15) is 25.8 Å². The molecule has 4 heteroatoms. The molecule has 1 aromatic rings. The predicted molar refractivity (Wildman–Crippen MR) is 87.8 cm³/mol. The van der Waals surface area contributed by atoms with Crippen LogP contribution in [0.5, 0.6) is 5.88 Å². The standard InChI is InChI=1S/C19H18N2O2/c1-19(2,16-5-4-8-20-18(16)23-3)21-17(22)13-7-6-12-14-9-11(14)10-15(12)13/h4-8,10H,9H2,1-3H3,(H,21,22). The third-order valence-electron chi connectivity index (χ3n) is 4.58. The van der Waals surface area contributed by atoms with E-state index in [4.69, 9.17) is 4.74 Å². The minimum atomic E-state index is -0.581. The molecule has 1 fully saturated rings. The highest BCUT2D eigenvalue weighted by molar-refractivity contribution is 6.02. The van der Waals surface area contributed by atoms with Gasteiger partial charge in [0.1, 0.15) is 0 Å². The van der Waals surface area contributed by atoms with Crippen LogP contribution in [0, 0.1) is 0 Å². The molecular formula is C19H18N2O2. The number of carbonyl (C=O) groups excluding carboxylic acids is 1. The second-order valence-corrected chi connectivity index (χ2v) is 6.54. The molecule has 116 valence electrons. The maximum absolute atomic E-state index is 12.8. The summed E-state index contributed by atoms with van der Waals surface area (Å²) < 4.78 is 5.32. The van der Waals surface area contributed by atoms with Gasteiger partial charge in [-0.1, -0.05) is 6.08 Å². The Labute approximate surface area is 135 Å². The number of hydrogen-bond donors (Lipinski definition) is 1. The van der Waals surface area contributed by atoms with Crippen LogP contribution >= 0.6 is 0 Å². The summed E-state index contributed by atoms with van der Waals surface area (Å²) in [5.41, 5.74) is 6.07. The Morgan fingerprint density at radius 2 is 2.13 bits per heavy atom. The number of nitrogens with one attached hydrogen (secondary N) is 1. The molecule has 1 N–H and O–H groups in total. The Kier molecular flexibility index (Phi) is 2.85. The summed E-state index contributed by atoms with van der Waals surface area (Å²) in [6.45, 7) is 3.91. The van der Waals surface area contributed by atoms with Gasteiger partial charge in [-0.15, -0.1) is 0 Å². The number of methoxy groups -OCH3 is 1. The van der Waals surface area contributed by atoms with Crippen molar-refractivity contribution in [1.29, 1.82) is 0 Å². The van der Waals surface area contributed by atoms with Gasteiger partial charge in [0.25, 0.3) is 5.91 Å². The van der Waals surface area contributed by atoms with Gasteiger partial charge in [0.2, 0.25) is 5.88 Å². The topological polar surface area (TPSA) is 51.2 Å². The average molecular weight is 306 g/mol. The van der Waals surface area contributed by atoms with E-state index in [-0.39, 0.29) is 5.91 Å².